The van der Waals surface area contributed by atoms with Crippen molar-refractivity contribution in [1.29, 1.82) is 0 Å². The van der Waals surface area contributed by atoms with Gasteiger partial charge in [0.1, 0.15) is 11.5 Å². The van der Waals surface area contributed by atoms with E-state index in [1.807, 2.05) is 0 Å². The van der Waals surface area contributed by atoms with Crippen LogP contribution in [0.5, 0.6) is 11.5 Å². The van der Waals surface area contributed by atoms with Crippen LogP contribution in [0.25, 0.3) is 0 Å². The van der Waals surface area contributed by atoms with E-state index in [9.17, 15) is 33.4 Å². The third-order valence-corrected chi connectivity index (χ3v) is 5.16. The Kier molecular flexibility index (Phi) is 5.51. The first-order valence-corrected chi connectivity index (χ1v) is 8.88. The Hall–Kier alpha value is -2.74. The van der Waals surface area contributed by atoms with Crippen LogP contribution in [0.2, 0.25) is 0 Å². The Morgan fingerprint density at radius 1 is 0.964 bits per heavy atom. The standard InChI is InChI=1S/C20H20F3NO4/c21-20(22,23)14-5-1-13(2-6-14)19(27)24(28)15-7-3-12(4-8-15)17-10-9-16(25)11-18(17)26/h1-2,5-6,9-12,15,25-26,28H,3-4,7-8H2. The van der Waals surface area contributed by atoms with Gasteiger partial charge in [-0.15, -0.1) is 0 Å². The zero-order chi connectivity index (χ0) is 20.5. The second-order valence-electron chi connectivity index (χ2n) is 6.97. The molecule has 8 heteroatoms. The second-order valence-corrected chi connectivity index (χ2v) is 6.97. The Labute approximate surface area is 159 Å². The predicted octanol–water partition coefficient (Wildman–Crippen LogP) is 4.67. The predicted molar refractivity (Wildman–Crippen MR) is 94.2 cm³/mol. The summed E-state index contributed by atoms with van der Waals surface area (Å²) in [6.07, 6.45) is -2.30. The number of alkyl halides is 3. The van der Waals surface area contributed by atoms with E-state index in [2.05, 4.69) is 0 Å². The molecule has 28 heavy (non-hydrogen) atoms. The van der Waals surface area contributed by atoms with E-state index in [1.54, 1.807) is 6.07 Å². The number of hydrogen-bond donors (Lipinski definition) is 3. The van der Waals surface area contributed by atoms with Crippen molar-refractivity contribution >= 4 is 5.91 Å². The molecule has 0 heterocycles. The van der Waals surface area contributed by atoms with E-state index in [0.717, 1.165) is 24.3 Å². The molecule has 150 valence electrons. The summed E-state index contributed by atoms with van der Waals surface area (Å²) < 4.78 is 37.9. The minimum Gasteiger partial charge on any atom is -0.508 e. The lowest BCUT2D eigenvalue weighted by Crippen LogP contribution is -2.39. The summed E-state index contributed by atoms with van der Waals surface area (Å²) >= 11 is 0. The Balaban J connectivity index is 1.63. The molecule has 1 saturated carbocycles. The molecule has 0 spiro atoms. The lowest BCUT2D eigenvalue weighted by Gasteiger charge is -2.33. The van der Waals surface area contributed by atoms with Crippen molar-refractivity contribution in [2.75, 3.05) is 0 Å². The maximum atomic E-state index is 12.6. The quantitative estimate of drug-likeness (QED) is 0.521. The van der Waals surface area contributed by atoms with Crippen LogP contribution in [-0.4, -0.2) is 32.4 Å². The minimum atomic E-state index is -4.49. The number of hydrogen-bond acceptors (Lipinski definition) is 4. The molecule has 0 aliphatic heterocycles. The van der Waals surface area contributed by atoms with Gasteiger partial charge in [-0.3, -0.25) is 10.0 Å². The molecule has 5 nitrogen and oxygen atoms in total. The highest BCUT2D eigenvalue weighted by Gasteiger charge is 2.32. The molecule has 0 radical (unpaired) electrons. The first kappa shape index (κ1) is 20.0. The number of carbonyl (C=O) groups excluding carboxylic acids is 1. The van der Waals surface area contributed by atoms with Crippen molar-refractivity contribution in [3.8, 4) is 11.5 Å². The number of halogens is 3. The first-order chi connectivity index (χ1) is 13.2. The fourth-order valence-electron chi connectivity index (χ4n) is 3.61. The third-order valence-electron chi connectivity index (χ3n) is 5.16. The molecule has 0 atom stereocenters. The average Bonchev–Trinajstić information content (AvgIpc) is 2.66. The first-order valence-electron chi connectivity index (χ1n) is 8.88. The number of phenolic OH excluding ortho intramolecular Hbond substituents is 2. The number of phenols is 2. The van der Waals surface area contributed by atoms with Gasteiger partial charge in [0.15, 0.2) is 0 Å². The molecule has 0 aromatic heterocycles. The van der Waals surface area contributed by atoms with Crippen LogP contribution in [0, 0.1) is 0 Å². The number of benzene rings is 2. The second kappa shape index (κ2) is 7.71. The number of amides is 1. The molecule has 1 aliphatic rings. The highest BCUT2D eigenvalue weighted by atomic mass is 19.4. The van der Waals surface area contributed by atoms with E-state index in [4.69, 9.17) is 0 Å². The van der Waals surface area contributed by atoms with Gasteiger partial charge < -0.3 is 10.2 Å². The molecule has 2 aromatic rings. The summed E-state index contributed by atoms with van der Waals surface area (Å²) in [6, 6.07) is 7.69. The average molecular weight is 395 g/mol. The molecule has 1 fully saturated rings. The van der Waals surface area contributed by atoms with Crippen LogP contribution in [0.3, 0.4) is 0 Å². The zero-order valence-corrected chi connectivity index (χ0v) is 14.9. The highest BCUT2D eigenvalue weighted by molar-refractivity contribution is 5.93. The van der Waals surface area contributed by atoms with Crippen LogP contribution < -0.4 is 0 Å². The molecular formula is C20H20F3NO4. The van der Waals surface area contributed by atoms with Crippen LogP contribution >= 0.6 is 0 Å². The summed E-state index contributed by atoms with van der Waals surface area (Å²) in [5.74, 6) is -0.736. The Morgan fingerprint density at radius 3 is 2.11 bits per heavy atom. The van der Waals surface area contributed by atoms with Crippen molar-refractivity contribution in [1.82, 2.24) is 5.06 Å². The third kappa shape index (κ3) is 4.22. The SMILES string of the molecule is O=C(c1ccc(C(F)(F)F)cc1)N(O)C1CCC(c2ccc(O)cc2O)CC1. The van der Waals surface area contributed by atoms with Gasteiger partial charge in [-0.2, -0.15) is 13.2 Å². The minimum absolute atomic E-state index is 0.00475. The summed E-state index contributed by atoms with van der Waals surface area (Å²) in [6.45, 7) is 0. The summed E-state index contributed by atoms with van der Waals surface area (Å²) in [5, 5.41) is 30.2. The molecule has 3 N–H and O–H groups in total. The fourth-order valence-corrected chi connectivity index (χ4v) is 3.61. The van der Waals surface area contributed by atoms with Gasteiger partial charge in [-0.25, -0.2) is 5.06 Å². The van der Waals surface area contributed by atoms with Crippen molar-refractivity contribution in [3.05, 3.63) is 59.2 Å². The number of hydroxylamine groups is 2. The van der Waals surface area contributed by atoms with Gasteiger partial charge in [-0.1, -0.05) is 6.07 Å². The van der Waals surface area contributed by atoms with Crippen molar-refractivity contribution in [3.63, 3.8) is 0 Å². The Morgan fingerprint density at radius 2 is 1.57 bits per heavy atom. The van der Waals surface area contributed by atoms with Crippen LogP contribution in [0.4, 0.5) is 13.2 Å². The largest absolute Gasteiger partial charge is 0.508 e. The van der Waals surface area contributed by atoms with Gasteiger partial charge in [-0.05, 0) is 67.5 Å². The van der Waals surface area contributed by atoms with Crippen molar-refractivity contribution in [2.45, 2.75) is 43.8 Å². The molecule has 0 saturated heterocycles. The topological polar surface area (TPSA) is 81.0 Å². The van der Waals surface area contributed by atoms with E-state index in [1.165, 1.54) is 12.1 Å². The summed E-state index contributed by atoms with van der Waals surface area (Å²) in [4.78, 5) is 12.4. The molecule has 0 bridgehead atoms. The van der Waals surface area contributed by atoms with E-state index in [0.29, 0.717) is 36.3 Å². The molecule has 1 aliphatic carbocycles. The highest BCUT2D eigenvalue weighted by Crippen LogP contribution is 2.39. The maximum Gasteiger partial charge on any atom is 0.416 e. The number of nitrogens with zero attached hydrogens (tertiary/aromatic N) is 1. The normalized spacial score (nSPS) is 20.0. The molecule has 2 aromatic carbocycles. The number of aromatic hydroxyl groups is 2. The van der Waals surface area contributed by atoms with E-state index >= 15 is 0 Å². The molecular weight excluding hydrogens is 375 g/mol. The zero-order valence-electron chi connectivity index (χ0n) is 14.9. The lowest BCUT2D eigenvalue weighted by atomic mass is 9.81. The van der Waals surface area contributed by atoms with Crippen molar-refractivity contribution in [2.24, 2.45) is 0 Å². The lowest BCUT2D eigenvalue weighted by molar-refractivity contribution is -0.137. The molecule has 0 unspecified atom stereocenters. The van der Waals surface area contributed by atoms with Crippen molar-refractivity contribution < 1.29 is 33.4 Å². The summed E-state index contributed by atoms with van der Waals surface area (Å²) in [7, 11) is 0. The van der Waals surface area contributed by atoms with Crippen LogP contribution in [0.1, 0.15) is 53.1 Å². The van der Waals surface area contributed by atoms with Gasteiger partial charge in [0.05, 0.1) is 11.6 Å². The van der Waals surface area contributed by atoms with Crippen LogP contribution in [-0.2, 0) is 6.18 Å². The number of rotatable bonds is 3. The number of carbonyl (C=O) groups is 1. The van der Waals surface area contributed by atoms with E-state index < -0.39 is 23.7 Å². The van der Waals surface area contributed by atoms with Gasteiger partial charge in [0.2, 0.25) is 0 Å². The maximum absolute atomic E-state index is 12.6. The molecule has 1 amide bonds. The van der Waals surface area contributed by atoms with Crippen LogP contribution in [0.15, 0.2) is 42.5 Å². The summed E-state index contributed by atoms with van der Waals surface area (Å²) in [5.41, 5.74) is -0.175. The van der Waals surface area contributed by atoms with Gasteiger partial charge in [0.25, 0.3) is 5.91 Å². The van der Waals surface area contributed by atoms with Gasteiger partial charge in [0, 0.05) is 11.6 Å². The monoisotopic (exact) mass is 395 g/mol. The molecule has 3 rings (SSSR count). The van der Waals surface area contributed by atoms with Gasteiger partial charge >= 0.3 is 6.18 Å². The smallest absolute Gasteiger partial charge is 0.416 e. The van der Waals surface area contributed by atoms with E-state index in [-0.39, 0.29) is 23.0 Å². The Bertz CT molecular complexity index is 844. The fraction of sp³-hybridized carbons (Fsp3) is 0.350.